The van der Waals surface area contributed by atoms with Crippen LogP contribution in [0.2, 0.25) is 0 Å². The molecule has 25 heavy (non-hydrogen) atoms. The SMILES string of the molecule is Oc1ccc(Br)cc1C=NNc1c2ccccc2nc2ccccc12. The Morgan fingerprint density at radius 1 is 0.920 bits per heavy atom. The maximum atomic E-state index is 9.93. The molecule has 4 nitrogen and oxygen atoms in total. The van der Waals surface area contributed by atoms with Gasteiger partial charge in [-0.1, -0.05) is 52.3 Å². The van der Waals surface area contributed by atoms with Gasteiger partial charge in [-0.05, 0) is 30.3 Å². The van der Waals surface area contributed by atoms with E-state index in [4.69, 9.17) is 4.98 Å². The number of phenolic OH excluding ortho intramolecular Hbond substituents is 1. The van der Waals surface area contributed by atoms with E-state index in [1.165, 1.54) is 0 Å². The van der Waals surface area contributed by atoms with Crippen molar-refractivity contribution in [2.24, 2.45) is 5.10 Å². The number of hydrogen-bond donors (Lipinski definition) is 2. The van der Waals surface area contributed by atoms with E-state index in [-0.39, 0.29) is 5.75 Å². The molecule has 0 saturated carbocycles. The molecule has 0 bridgehead atoms. The third kappa shape index (κ3) is 3.06. The molecule has 0 amide bonds. The zero-order valence-corrected chi connectivity index (χ0v) is 14.7. The number of anilines is 1. The number of fused-ring (bicyclic) bond motifs is 2. The van der Waals surface area contributed by atoms with Gasteiger partial charge in [0.25, 0.3) is 0 Å². The lowest BCUT2D eigenvalue weighted by molar-refractivity contribution is 0.474. The van der Waals surface area contributed by atoms with Crippen molar-refractivity contribution in [3.8, 4) is 5.75 Å². The number of hydrazone groups is 1. The van der Waals surface area contributed by atoms with Crippen LogP contribution in [0.15, 0.2) is 76.3 Å². The van der Waals surface area contributed by atoms with Gasteiger partial charge < -0.3 is 5.11 Å². The van der Waals surface area contributed by atoms with Gasteiger partial charge in [0.1, 0.15) is 5.75 Å². The lowest BCUT2D eigenvalue weighted by atomic mass is 10.1. The number of pyridine rings is 1. The zero-order chi connectivity index (χ0) is 17.2. The molecule has 0 atom stereocenters. The van der Waals surface area contributed by atoms with Crippen LogP contribution in [-0.4, -0.2) is 16.3 Å². The minimum Gasteiger partial charge on any atom is -0.507 e. The smallest absolute Gasteiger partial charge is 0.124 e. The summed E-state index contributed by atoms with van der Waals surface area (Å²) in [5.41, 5.74) is 6.47. The number of aromatic hydroxyl groups is 1. The summed E-state index contributed by atoms with van der Waals surface area (Å²) in [5, 5.41) is 16.3. The maximum Gasteiger partial charge on any atom is 0.124 e. The molecule has 5 heteroatoms. The van der Waals surface area contributed by atoms with Gasteiger partial charge >= 0.3 is 0 Å². The van der Waals surface area contributed by atoms with Crippen LogP contribution in [0.3, 0.4) is 0 Å². The number of nitrogens with one attached hydrogen (secondary N) is 1. The Labute approximate surface area is 153 Å². The molecular weight excluding hydrogens is 378 g/mol. The number of hydrogen-bond acceptors (Lipinski definition) is 4. The van der Waals surface area contributed by atoms with Crippen molar-refractivity contribution >= 4 is 49.6 Å². The van der Waals surface area contributed by atoms with Gasteiger partial charge in [-0.15, -0.1) is 0 Å². The van der Waals surface area contributed by atoms with E-state index in [1.807, 2.05) is 54.6 Å². The van der Waals surface area contributed by atoms with E-state index in [0.29, 0.717) is 5.56 Å². The molecule has 0 aliphatic heterocycles. The summed E-state index contributed by atoms with van der Waals surface area (Å²) in [6.07, 6.45) is 1.60. The highest BCUT2D eigenvalue weighted by Gasteiger charge is 2.07. The van der Waals surface area contributed by atoms with Crippen molar-refractivity contribution in [1.29, 1.82) is 0 Å². The zero-order valence-electron chi connectivity index (χ0n) is 13.1. The molecule has 4 rings (SSSR count). The standard InChI is InChI=1S/C20H14BrN3O/c21-14-9-10-19(25)13(11-14)12-22-24-20-15-5-1-3-7-17(15)23-18-8-4-2-6-16(18)20/h1-12,25H,(H,23,24). The van der Waals surface area contributed by atoms with E-state index < -0.39 is 0 Å². The lowest BCUT2D eigenvalue weighted by Crippen LogP contribution is -1.95. The minimum atomic E-state index is 0.179. The average Bonchev–Trinajstić information content (AvgIpc) is 2.64. The highest BCUT2D eigenvalue weighted by Crippen LogP contribution is 2.30. The Morgan fingerprint density at radius 3 is 2.24 bits per heavy atom. The van der Waals surface area contributed by atoms with Crippen molar-refractivity contribution in [2.45, 2.75) is 0 Å². The van der Waals surface area contributed by atoms with E-state index in [2.05, 4.69) is 26.5 Å². The molecule has 0 saturated heterocycles. The van der Waals surface area contributed by atoms with E-state index >= 15 is 0 Å². The number of aromatic nitrogens is 1. The highest BCUT2D eigenvalue weighted by atomic mass is 79.9. The molecule has 3 aromatic carbocycles. The summed E-state index contributed by atoms with van der Waals surface area (Å²) in [7, 11) is 0. The first kappa shape index (κ1) is 15.6. The van der Waals surface area contributed by atoms with Crippen LogP contribution in [0.1, 0.15) is 5.56 Å². The van der Waals surface area contributed by atoms with Crippen molar-refractivity contribution in [3.05, 3.63) is 76.8 Å². The quantitative estimate of drug-likeness (QED) is 0.283. The second-order valence-corrected chi connectivity index (χ2v) is 6.51. The first-order valence-electron chi connectivity index (χ1n) is 7.77. The Hall–Kier alpha value is -2.92. The predicted molar refractivity (Wildman–Crippen MR) is 106 cm³/mol. The molecule has 0 aliphatic rings. The molecular formula is C20H14BrN3O. The largest absolute Gasteiger partial charge is 0.507 e. The molecule has 0 unspecified atom stereocenters. The maximum absolute atomic E-state index is 9.93. The van der Waals surface area contributed by atoms with Crippen molar-refractivity contribution < 1.29 is 5.11 Å². The predicted octanol–water partition coefficient (Wildman–Crippen LogP) is 5.30. The van der Waals surface area contributed by atoms with Crippen molar-refractivity contribution in [1.82, 2.24) is 4.98 Å². The average molecular weight is 392 g/mol. The topological polar surface area (TPSA) is 57.5 Å². The fraction of sp³-hybridized carbons (Fsp3) is 0. The van der Waals surface area contributed by atoms with E-state index in [9.17, 15) is 5.11 Å². The molecule has 1 aromatic heterocycles. The van der Waals surface area contributed by atoms with Crippen molar-refractivity contribution in [2.75, 3.05) is 5.43 Å². The molecule has 4 aromatic rings. The third-order valence-electron chi connectivity index (χ3n) is 3.96. The first-order valence-corrected chi connectivity index (χ1v) is 8.57. The molecule has 0 fully saturated rings. The Bertz CT molecular complexity index is 1050. The summed E-state index contributed by atoms with van der Waals surface area (Å²) < 4.78 is 0.881. The number of rotatable bonds is 3. The molecule has 0 aliphatic carbocycles. The third-order valence-corrected chi connectivity index (χ3v) is 4.45. The van der Waals surface area contributed by atoms with Gasteiger partial charge in [0.15, 0.2) is 0 Å². The second-order valence-electron chi connectivity index (χ2n) is 5.59. The highest BCUT2D eigenvalue weighted by molar-refractivity contribution is 9.10. The van der Waals surface area contributed by atoms with Gasteiger partial charge in [0, 0.05) is 20.8 Å². The molecule has 0 radical (unpaired) electrons. The minimum absolute atomic E-state index is 0.179. The van der Waals surface area contributed by atoms with Gasteiger partial charge in [0.2, 0.25) is 0 Å². The van der Waals surface area contributed by atoms with Crippen LogP contribution in [-0.2, 0) is 0 Å². The number of phenols is 1. The fourth-order valence-electron chi connectivity index (χ4n) is 2.76. The van der Waals surface area contributed by atoms with Crippen LogP contribution < -0.4 is 5.43 Å². The molecule has 122 valence electrons. The number of nitrogens with zero attached hydrogens (tertiary/aromatic N) is 2. The lowest BCUT2D eigenvalue weighted by Gasteiger charge is -2.10. The van der Waals surface area contributed by atoms with Gasteiger partial charge in [-0.2, -0.15) is 5.10 Å². The Morgan fingerprint density at radius 2 is 1.56 bits per heavy atom. The summed E-state index contributed by atoms with van der Waals surface area (Å²) in [5.74, 6) is 0.179. The summed E-state index contributed by atoms with van der Waals surface area (Å²) in [6.45, 7) is 0. The Kier molecular flexibility index (Phi) is 4.07. The van der Waals surface area contributed by atoms with Crippen molar-refractivity contribution in [3.63, 3.8) is 0 Å². The van der Waals surface area contributed by atoms with Gasteiger partial charge in [-0.25, -0.2) is 4.98 Å². The molecule has 2 N–H and O–H groups in total. The molecule has 0 spiro atoms. The number of para-hydroxylation sites is 2. The van der Waals surface area contributed by atoms with Crippen LogP contribution >= 0.6 is 15.9 Å². The Balaban J connectivity index is 1.79. The molecule has 1 heterocycles. The first-order chi connectivity index (χ1) is 12.2. The fourth-order valence-corrected chi connectivity index (χ4v) is 3.13. The van der Waals surface area contributed by atoms with Crippen LogP contribution in [0.4, 0.5) is 5.69 Å². The summed E-state index contributed by atoms with van der Waals surface area (Å²) >= 11 is 3.40. The van der Waals surface area contributed by atoms with Crippen LogP contribution in [0.25, 0.3) is 21.8 Å². The van der Waals surface area contributed by atoms with E-state index in [0.717, 1.165) is 32.0 Å². The number of benzene rings is 3. The summed E-state index contributed by atoms with van der Waals surface area (Å²) in [4.78, 5) is 4.69. The van der Waals surface area contributed by atoms with Gasteiger partial charge in [0.05, 0.1) is 22.9 Å². The number of halogens is 1. The normalized spacial score (nSPS) is 11.4. The monoisotopic (exact) mass is 391 g/mol. The van der Waals surface area contributed by atoms with Gasteiger partial charge in [-0.3, -0.25) is 5.43 Å². The van der Waals surface area contributed by atoms with Crippen LogP contribution in [0.5, 0.6) is 5.75 Å². The van der Waals surface area contributed by atoms with Crippen LogP contribution in [0, 0.1) is 0 Å². The second kappa shape index (κ2) is 6.53. The van der Waals surface area contributed by atoms with E-state index in [1.54, 1.807) is 18.3 Å². The summed E-state index contributed by atoms with van der Waals surface area (Å²) in [6, 6.07) is 21.1.